The van der Waals surface area contributed by atoms with E-state index in [2.05, 4.69) is 4.98 Å². The molecule has 226 valence electrons. The van der Waals surface area contributed by atoms with Crippen LogP contribution in [-0.4, -0.2) is 53.4 Å². The largest absolute Gasteiger partial charge is 0.374 e. The first kappa shape index (κ1) is 29.7. The molecular weight excluding hydrogens is 556 g/mol. The molecular formula is C35H36N4O5. The Morgan fingerprint density at radius 2 is 1.30 bits per heavy atom. The van der Waals surface area contributed by atoms with E-state index < -0.39 is 30.1 Å². The lowest BCUT2D eigenvalue weighted by molar-refractivity contribution is -0.0898. The summed E-state index contributed by atoms with van der Waals surface area (Å²) in [7, 11) is 3.61. The minimum absolute atomic E-state index is 0.290. The number of benzene rings is 3. The topological polar surface area (TPSA) is 87.4 Å². The van der Waals surface area contributed by atoms with Crippen LogP contribution in [0.1, 0.15) is 28.4 Å². The van der Waals surface area contributed by atoms with E-state index in [-0.39, 0.29) is 0 Å². The molecule has 0 spiro atoms. The van der Waals surface area contributed by atoms with Crippen molar-refractivity contribution < 1.29 is 18.9 Å². The highest BCUT2D eigenvalue weighted by Crippen LogP contribution is 2.39. The molecule has 0 amide bonds. The van der Waals surface area contributed by atoms with Crippen molar-refractivity contribution in [3.8, 4) is 0 Å². The van der Waals surface area contributed by atoms with E-state index in [1.54, 1.807) is 31.3 Å². The summed E-state index contributed by atoms with van der Waals surface area (Å²) in [6.07, 6.45) is -0.370. The first-order valence-corrected chi connectivity index (χ1v) is 14.7. The van der Waals surface area contributed by atoms with Gasteiger partial charge >= 0.3 is 5.69 Å². The lowest BCUT2D eigenvalue weighted by atomic mass is 10.0. The summed E-state index contributed by atoms with van der Waals surface area (Å²) < 4.78 is 27.7. The van der Waals surface area contributed by atoms with Gasteiger partial charge in [-0.25, -0.2) is 4.79 Å². The van der Waals surface area contributed by atoms with Crippen LogP contribution in [0.4, 0.5) is 5.95 Å². The second-order valence-electron chi connectivity index (χ2n) is 11.0. The third-order valence-electron chi connectivity index (χ3n) is 7.59. The Bertz CT molecular complexity index is 1700. The standard InChI is InChI=1S/C35H36N4O5/c1-38(2)34-36-33-28(19-12-20-39(33)35(40)37-34)30-32(43-23-27-17-10-5-11-18-27)31(42-22-26-15-8-4-9-16-26)29(44-30)24-41-21-25-13-6-3-7-14-25/h3-20,29-32H,21-24H2,1-2H3/t29-,30+,31-,32+/m1/s1. The molecule has 1 aliphatic rings. The van der Waals surface area contributed by atoms with E-state index in [0.717, 1.165) is 16.7 Å². The lowest BCUT2D eigenvalue weighted by Crippen LogP contribution is -2.38. The fourth-order valence-corrected chi connectivity index (χ4v) is 5.37. The number of anilines is 1. The molecule has 0 unspecified atom stereocenters. The fraction of sp³-hybridized carbons (Fsp3) is 0.286. The van der Waals surface area contributed by atoms with Crippen molar-refractivity contribution in [3.05, 3.63) is 142 Å². The molecule has 1 fully saturated rings. The molecule has 0 saturated carbocycles. The van der Waals surface area contributed by atoms with Gasteiger partial charge in [-0.3, -0.25) is 4.40 Å². The molecule has 0 bridgehead atoms. The van der Waals surface area contributed by atoms with Gasteiger partial charge < -0.3 is 23.8 Å². The Labute approximate surface area is 256 Å². The second kappa shape index (κ2) is 13.9. The predicted molar refractivity (Wildman–Crippen MR) is 167 cm³/mol. The van der Waals surface area contributed by atoms with Gasteiger partial charge in [0.15, 0.2) is 5.65 Å². The molecule has 5 aromatic rings. The van der Waals surface area contributed by atoms with Gasteiger partial charge in [0.25, 0.3) is 0 Å². The summed E-state index contributed by atoms with van der Waals surface area (Å²) in [6.45, 7) is 1.47. The van der Waals surface area contributed by atoms with E-state index in [1.807, 2.05) is 97.1 Å². The van der Waals surface area contributed by atoms with Crippen LogP contribution in [0.25, 0.3) is 5.65 Å². The minimum atomic E-state index is -0.592. The van der Waals surface area contributed by atoms with Crippen molar-refractivity contribution in [3.63, 3.8) is 0 Å². The number of fused-ring (bicyclic) bond motifs is 1. The summed E-state index contributed by atoms with van der Waals surface area (Å²) >= 11 is 0. The Morgan fingerprint density at radius 1 is 0.727 bits per heavy atom. The highest BCUT2D eigenvalue weighted by atomic mass is 16.6. The van der Waals surface area contributed by atoms with Crippen LogP contribution in [0.5, 0.6) is 0 Å². The number of rotatable bonds is 12. The monoisotopic (exact) mass is 592 g/mol. The third-order valence-corrected chi connectivity index (χ3v) is 7.59. The van der Waals surface area contributed by atoms with Crippen molar-refractivity contribution in [2.45, 2.75) is 44.2 Å². The van der Waals surface area contributed by atoms with Crippen LogP contribution >= 0.6 is 0 Å². The Hall–Kier alpha value is -4.41. The number of hydrogen-bond donors (Lipinski definition) is 0. The number of ether oxygens (including phenoxy) is 4. The Kier molecular flexibility index (Phi) is 9.38. The highest BCUT2D eigenvalue weighted by Gasteiger charge is 2.48. The van der Waals surface area contributed by atoms with E-state index >= 15 is 0 Å². The zero-order valence-electron chi connectivity index (χ0n) is 24.9. The maximum Gasteiger partial charge on any atom is 0.356 e. The van der Waals surface area contributed by atoms with Gasteiger partial charge in [-0.15, -0.1) is 0 Å². The third kappa shape index (κ3) is 6.87. The van der Waals surface area contributed by atoms with Crippen LogP contribution in [0, 0.1) is 0 Å². The van der Waals surface area contributed by atoms with E-state index in [1.165, 1.54) is 4.40 Å². The maximum absolute atomic E-state index is 13.0. The summed E-state index contributed by atoms with van der Waals surface area (Å²) in [6, 6.07) is 33.8. The van der Waals surface area contributed by atoms with Crippen molar-refractivity contribution in [2.75, 3.05) is 25.6 Å². The summed E-state index contributed by atoms with van der Waals surface area (Å²) in [5.74, 6) is 0.321. The maximum atomic E-state index is 13.0. The van der Waals surface area contributed by atoms with Crippen LogP contribution < -0.4 is 10.6 Å². The molecule has 3 aromatic carbocycles. The highest BCUT2D eigenvalue weighted by molar-refractivity contribution is 5.52. The lowest BCUT2D eigenvalue weighted by Gasteiger charge is -2.25. The molecule has 9 nitrogen and oxygen atoms in total. The molecule has 4 atom stereocenters. The Balaban J connectivity index is 1.36. The van der Waals surface area contributed by atoms with E-state index in [0.29, 0.717) is 43.6 Å². The molecule has 0 N–H and O–H groups in total. The summed E-state index contributed by atoms with van der Waals surface area (Å²) in [4.78, 5) is 23.6. The van der Waals surface area contributed by atoms with Gasteiger partial charge in [-0.05, 0) is 22.8 Å². The van der Waals surface area contributed by atoms with Crippen LogP contribution in [-0.2, 0) is 38.8 Å². The smallest absolute Gasteiger partial charge is 0.356 e. The van der Waals surface area contributed by atoms with Gasteiger partial charge in [0.1, 0.15) is 24.4 Å². The first-order chi connectivity index (χ1) is 21.6. The molecule has 3 heterocycles. The fourth-order valence-electron chi connectivity index (χ4n) is 5.37. The molecule has 6 rings (SSSR count). The van der Waals surface area contributed by atoms with Gasteiger partial charge in [0, 0.05) is 25.9 Å². The Morgan fingerprint density at radius 3 is 1.89 bits per heavy atom. The normalized spacial score (nSPS) is 19.8. The minimum Gasteiger partial charge on any atom is -0.374 e. The predicted octanol–water partition coefficient (Wildman–Crippen LogP) is 4.98. The van der Waals surface area contributed by atoms with E-state index in [4.69, 9.17) is 23.9 Å². The van der Waals surface area contributed by atoms with Crippen LogP contribution in [0.2, 0.25) is 0 Å². The van der Waals surface area contributed by atoms with Crippen molar-refractivity contribution in [1.29, 1.82) is 0 Å². The number of pyridine rings is 1. The quantitative estimate of drug-likeness (QED) is 0.201. The molecule has 0 radical (unpaired) electrons. The molecule has 0 aliphatic carbocycles. The van der Waals surface area contributed by atoms with Gasteiger partial charge in [-0.1, -0.05) is 97.1 Å². The van der Waals surface area contributed by atoms with Gasteiger partial charge in [-0.2, -0.15) is 9.97 Å². The SMILES string of the molecule is CN(C)c1nc(=O)n2cccc([C@@H]3O[C@H](COCc4ccccc4)[C@@H](OCc4ccccc4)[C@H]3OCc3ccccc3)c2n1. The average molecular weight is 593 g/mol. The van der Waals surface area contributed by atoms with Crippen LogP contribution in [0.15, 0.2) is 114 Å². The second-order valence-corrected chi connectivity index (χ2v) is 11.0. The molecule has 9 heteroatoms. The number of aromatic nitrogens is 3. The van der Waals surface area contributed by atoms with E-state index in [9.17, 15) is 4.79 Å². The van der Waals surface area contributed by atoms with Crippen LogP contribution in [0.3, 0.4) is 0 Å². The van der Waals surface area contributed by atoms with Crippen molar-refractivity contribution in [2.24, 2.45) is 0 Å². The van der Waals surface area contributed by atoms with Gasteiger partial charge in [0.05, 0.1) is 26.4 Å². The van der Waals surface area contributed by atoms with Gasteiger partial charge in [0.2, 0.25) is 5.95 Å². The zero-order valence-corrected chi connectivity index (χ0v) is 24.9. The molecule has 2 aromatic heterocycles. The summed E-state index contributed by atoms with van der Waals surface area (Å²) in [5, 5.41) is 0. The number of nitrogens with zero attached hydrogens (tertiary/aromatic N) is 4. The average Bonchev–Trinajstić information content (AvgIpc) is 3.40. The molecule has 1 aliphatic heterocycles. The molecule has 44 heavy (non-hydrogen) atoms. The van der Waals surface area contributed by atoms with Crippen molar-refractivity contribution >= 4 is 11.6 Å². The molecule has 1 saturated heterocycles. The number of hydrogen-bond acceptors (Lipinski definition) is 8. The van der Waals surface area contributed by atoms with Crippen molar-refractivity contribution in [1.82, 2.24) is 14.4 Å². The summed E-state index contributed by atoms with van der Waals surface area (Å²) in [5.41, 5.74) is 3.90. The zero-order chi connectivity index (χ0) is 30.3. The first-order valence-electron chi connectivity index (χ1n) is 14.7.